The van der Waals surface area contributed by atoms with E-state index in [9.17, 15) is 4.39 Å². The molecule has 0 aliphatic rings. The van der Waals surface area contributed by atoms with Crippen LogP contribution in [0.2, 0.25) is 0 Å². The summed E-state index contributed by atoms with van der Waals surface area (Å²) in [6, 6.07) is 25.9. The fourth-order valence-corrected chi connectivity index (χ4v) is 2.66. The lowest BCUT2D eigenvalue weighted by Crippen LogP contribution is -1.86. The van der Waals surface area contributed by atoms with E-state index in [0.29, 0.717) is 17.8 Å². The van der Waals surface area contributed by atoms with Crippen molar-refractivity contribution in [3.8, 4) is 0 Å². The Morgan fingerprint density at radius 1 is 0.517 bits per heavy atom. The van der Waals surface area contributed by atoms with Crippen LogP contribution in [0, 0.1) is 12.7 Å². The molecule has 0 atom stereocenters. The van der Waals surface area contributed by atoms with Gasteiger partial charge in [-0.15, -0.1) is 0 Å². The Bertz CT molecular complexity index is 799. The zero-order chi connectivity index (χ0) is 21.8. The number of hydrogen-bond donors (Lipinski definition) is 0. The van der Waals surface area contributed by atoms with Crippen molar-refractivity contribution in [2.24, 2.45) is 0 Å². The molecule has 0 amide bonds. The summed E-state index contributed by atoms with van der Waals surface area (Å²) in [5.74, 6) is 1.58. The molecule has 0 heterocycles. The summed E-state index contributed by atoms with van der Waals surface area (Å²) in [5.41, 5.74) is 5.23. The molecular weight excluding hydrogens is 355 g/mol. The van der Waals surface area contributed by atoms with Crippen molar-refractivity contribution in [1.29, 1.82) is 0 Å². The van der Waals surface area contributed by atoms with E-state index in [1.165, 1.54) is 22.8 Å². The van der Waals surface area contributed by atoms with Crippen LogP contribution in [0.1, 0.15) is 81.5 Å². The normalized spacial score (nSPS) is 10.3. The fourth-order valence-electron chi connectivity index (χ4n) is 2.66. The van der Waals surface area contributed by atoms with E-state index in [1.54, 1.807) is 12.1 Å². The first-order chi connectivity index (χ1) is 13.7. The molecule has 3 rings (SSSR count). The first kappa shape index (κ1) is 24.6. The van der Waals surface area contributed by atoms with Gasteiger partial charge < -0.3 is 0 Å². The van der Waals surface area contributed by atoms with Gasteiger partial charge in [0.2, 0.25) is 0 Å². The second-order valence-electron chi connectivity index (χ2n) is 8.34. The molecule has 0 aliphatic heterocycles. The first-order valence-electron chi connectivity index (χ1n) is 10.6. The number of aryl methyl sites for hydroxylation is 1. The lowest BCUT2D eigenvalue weighted by molar-refractivity contribution is 0.623. The first-order valence-corrected chi connectivity index (χ1v) is 10.6. The third-order valence-corrected chi connectivity index (χ3v) is 4.73. The molecule has 0 bridgehead atoms. The van der Waals surface area contributed by atoms with Crippen LogP contribution in [0.15, 0.2) is 78.9 Å². The van der Waals surface area contributed by atoms with Gasteiger partial charge in [-0.2, -0.15) is 0 Å². The van der Waals surface area contributed by atoms with E-state index in [2.05, 4.69) is 97.0 Å². The molecule has 29 heavy (non-hydrogen) atoms. The summed E-state index contributed by atoms with van der Waals surface area (Å²) >= 11 is 0. The second-order valence-corrected chi connectivity index (χ2v) is 8.34. The Morgan fingerprint density at radius 3 is 1.34 bits per heavy atom. The summed E-state index contributed by atoms with van der Waals surface area (Å²) in [4.78, 5) is 0. The predicted octanol–water partition coefficient (Wildman–Crippen LogP) is 8.88. The van der Waals surface area contributed by atoms with Crippen LogP contribution in [0.5, 0.6) is 0 Å². The van der Waals surface area contributed by atoms with Crippen molar-refractivity contribution in [1.82, 2.24) is 0 Å². The Kier molecular flexibility index (Phi) is 11.0. The highest BCUT2D eigenvalue weighted by Crippen LogP contribution is 2.15. The van der Waals surface area contributed by atoms with Gasteiger partial charge >= 0.3 is 0 Å². The van der Waals surface area contributed by atoms with Crippen molar-refractivity contribution >= 4 is 0 Å². The minimum Gasteiger partial charge on any atom is -0.207 e. The van der Waals surface area contributed by atoms with Crippen molar-refractivity contribution in [2.45, 2.75) is 66.2 Å². The Morgan fingerprint density at radius 2 is 0.966 bits per heavy atom. The summed E-state index contributed by atoms with van der Waals surface area (Å²) in [7, 11) is 0. The topological polar surface area (TPSA) is 0 Å². The van der Waals surface area contributed by atoms with Gasteiger partial charge in [-0.05, 0) is 53.5 Å². The van der Waals surface area contributed by atoms with E-state index in [4.69, 9.17) is 0 Å². The monoisotopic (exact) mass is 392 g/mol. The quantitative estimate of drug-likeness (QED) is 0.417. The van der Waals surface area contributed by atoms with Crippen LogP contribution in [0.4, 0.5) is 4.39 Å². The molecule has 0 aliphatic carbocycles. The summed E-state index contributed by atoms with van der Waals surface area (Å²) in [6.07, 6.45) is 0. The van der Waals surface area contributed by atoms with Gasteiger partial charge in [-0.1, -0.05) is 114 Å². The van der Waals surface area contributed by atoms with Crippen molar-refractivity contribution in [3.05, 3.63) is 107 Å². The molecule has 3 aromatic carbocycles. The maximum absolute atomic E-state index is 12.5. The number of rotatable bonds is 3. The SMILES string of the molecule is CC(C)c1cccc(F)c1.CC(C)c1ccccc1.Cc1ccc(C(C)C)cc1. The summed E-state index contributed by atoms with van der Waals surface area (Å²) < 4.78 is 12.5. The van der Waals surface area contributed by atoms with Crippen LogP contribution >= 0.6 is 0 Å². The Labute approximate surface area is 177 Å². The molecular formula is C28H37F. The highest BCUT2D eigenvalue weighted by molar-refractivity contribution is 5.23. The van der Waals surface area contributed by atoms with E-state index >= 15 is 0 Å². The van der Waals surface area contributed by atoms with Gasteiger partial charge in [0.25, 0.3) is 0 Å². The molecule has 0 aromatic heterocycles. The third kappa shape index (κ3) is 10.1. The van der Waals surface area contributed by atoms with E-state index in [1.807, 2.05) is 12.1 Å². The summed E-state index contributed by atoms with van der Waals surface area (Å²) in [6.45, 7) is 15.0. The molecule has 3 aromatic rings. The fraction of sp³-hybridized carbons (Fsp3) is 0.357. The molecule has 0 unspecified atom stereocenters. The largest absolute Gasteiger partial charge is 0.207 e. The zero-order valence-electron chi connectivity index (χ0n) is 19.1. The second kappa shape index (κ2) is 12.9. The minimum absolute atomic E-state index is 0.147. The number of halogens is 1. The molecule has 156 valence electrons. The molecule has 0 radical (unpaired) electrons. The molecule has 0 spiro atoms. The highest BCUT2D eigenvalue weighted by Gasteiger charge is 1.98. The van der Waals surface area contributed by atoms with Gasteiger partial charge in [0.1, 0.15) is 5.82 Å². The highest BCUT2D eigenvalue weighted by atomic mass is 19.1. The molecule has 0 N–H and O–H groups in total. The van der Waals surface area contributed by atoms with E-state index < -0.39 is 0 Å². The smallest absolute Gasteiger partial charge is 0.123 e. The molecule has 1 heteroatoms. The predicted molar refractivity (Wildman–Crippen MR) is 126 cm³/mol. The van der Waals surface area contributed by atoms with Gasteiger partial charge in [0.15, 0.2) is 0 Å². The zero-order valence-corrected chi connectivity index (χ0v) is 19.1. The van der Waals surface area contributed by atoms with Gasteiger partial charge in [0, 0.05) is 0 Å². The van der Waals surface area contributed by atoms with Crippen LogP contribution in [0.3, 0.4) is 0 Å². The molecule has 0 fully saturated rings. The molecule has 0 saturated carbocycles. The minimum atomic E-state index is -0.147. The Hall–Kier alpha value is -2.41. The molecule has 0 saturated heterocycles. The van der Waals surface area contributed by atoms with Gasteiger partial charge in [-0.25, -0.2) is 4.39 Å². The van der Waals surface area contributed by atoms with Gasteiger partial charge in [-0.3, -0.25) is 0 Å². The maximum atomic E-state index is 12.5. The van der Waals surface area contributed by atoms with E-state index in [-0.39, 0.29) is 5.82 Å². The van der Waals surface area contributed by atoms with Crippen LogP contribution in [-0.4, -0.2) is 0 Å². The maximum Gasteiger partial charge on any atom is 0.123 e. The standard InChI is InChI=1S/C10H14.C9H11F.C9H12/c1-8(2)10-6-4-9(3)5-7-10;1-7(2)8-4-3-5-9(10)6-8;1-8(2)9-6-4-3-5-7-9/h4-8H,1-3H3;3-7H,1-2H3;3-8H,1-2H3. The van der Waals surface area contributed by atoms with Crippen LogP contribution < -0.4 is 0 Å². The average molecular weight is 393 g/mol. The van der Waals surface area contributed by atoms with Crippen molar-refractivity contribution in [3.63, 3.8) is 0 Å². The summed E-state index contributed by atoms with van der Waals surface area (Å²) in [5, 5.41) is 0. The van der Waals surface area contributed by atoms with Crippen molar-refractivity contribution < 1.29 is 4.39 Å². The van der Waals surface area contributed by atoms with Crippen molar-refractivity contribution in [2.75, 3.05) is 0 Å². The molecule has 0 nitrogen and oxygen atoms in total. The average Bonchev–Trinajstić information content (AvgIpc) is 2.70. The number of hydrogen-bond acceptors (Lipinski definition) is 0. The van der Waals surface area contributed by atoms with Gasteiger partial charge in [0.05, 0.1) is 0 Å². The Balaban J connectivity index is 0.000000218. The lowest BCUT2D eigenvalue weighted by Gasteiger charge is -2.03. The van der Waals surface area contributed by atoms with Crippen LogP contribution in [0.25, 0.3) is 0 Å². The lowest BCUT2D eigenvalue weighted by atomic mass is 10.0. The number of benzene rings is 3. The third-order valence-electron chi connectivity index (χ3n) is 4.73. The van der Waals surface area contributed by atoms with Crippen LogP contribution in [-0.2, 0) is 0 Å². The van der Waals surface area contributed by atoms with E-state index in [0.717, 1.165) is 5.56 Å².